The Balaban J connectivity index is 1.50. The summed E-state index contributed by atoms with van der Waals surface area (Å²) in [5.41, 5.74) is 1.51. The molecule has 0 aliphatic carbocycles. The van der Waals surface area contributed by atoms with Crippen molar-refractivity contribution in [3.63, 3.8) is 0 Å². The van der Waals surface area contributed by atoms with Crippen molar-refractivity contribution in [1.29, 1.82) is 0 Å². The molecule has 264 valence electrons. The second-order valence-corrected chi connectivity index (χ2v) is 11.1. The van der Waals surface area contributed by atoms with Crippen molar-refractivity contribution in [3.8, 4) is 34.5 Å². The average molecular weight is 673 g/mol. The first-order chi connectivity index (χ1) is 22.5. The SMILES string of the molecule is COc1cc(CCCc2cc(O[C@@H]3O[C@H](CO)[C@@H](O)[C@H](O)[C@H]3O)c(OC)c(OC)c2OC)ccc1O[C@@H]1O[C@H](CO)[C@@H](O)[C@H](O)[C@H]1O. The normalized spacial score (nSPS) is 30.8. The Bertz CT molecular complexity index is 1300. The van der Waals surface area contributed by atoms with E-state index in [0.717, 1.165) is 5.56 Å². The van der Waals surface area contributed by atoms with E-state index in [-0.39, 0.29) is 23.0 Å². The molecule has 16 nitrogen and oxygen atoms in total. The van der Waals surface area contributed by atoms with Crippen molar-refractivity contribution >= 4 is 0 Å². The van der Waals surface area contributed by atoms with Crippen molar-refractivity contribution in [2.45, 2.75) is 80.7 Å². The zero-order valence-electron chi connectivity index (χ0n) is 26.5. The maximum Gasteiger partial charge on any atom is 0.229 e. The number of hydrogen-bond acceptors (Lipinski definition) is 16. The van der Waals surface area contributed by atoms with Crippen molar-refractivity contribution in [3.05, 3.63) is 35.4 Å². The summed E-state index contributed by atoms with van der Waals surface area (Å²) in [6, 6.07) is 6.75. The van der Waals surface area contributed by atoms with Gasteiger partial charge >= 0.3 is 0 Å². The monoisotopic (exact) mass is 672 g/mol. The number of aliphatic hydroxyl groups is 8. The predicted molar refractivity (Wildman–Crippen MR) is 160 cm³/mol. The van der Waals surface area contributed by atoms with Gasteiger partial charge in [0.25, 0.3) is 0 Å². The van der Waals surface area contributed by atoms with Crippen LogP contribution in [0.2, 0.25) is 0 Å². The van der Waals surface area contributed by atoms with Gasteiger partial charge in [0.2, 0.25) is 24.1 Å². The number of benzene rings is 2. The standard InChI is InChI=1S/C31H44O16/c1-40-17-10-14(8-9-16(17)44-30-25(38)23(36)21(34)19(12-32)46-30)6-5-7-15-11-18(28(42-3)29(43-4)27(15)41-2)45-31-26(39)24(37)22(35)20(13-33)47-31/h8-11,19-26,30-39H,5-7,12-13H2,1-4H3/t19-,20-,21-,22-,23+,24+,25-,26-,30-,31-/m1/s1. The highest BCUT2D eigenvalue weighted by molar-refractivity contribution is 5.63. The molecule has 0 radical (unpaired) electrons. The van der Waals surface area contributed by atoms with Gasteiger partial charge in [0.1, 0.15) is 48.8 Å². The van der Waals surface area contributed by atoms with Crippen LogP contribution in [0.4, 0.5) is 0 Å². The van der Waals surface area contributed by atoms with Crippen molar-refractivity contribution in [1.82, 2.24) is 0 Å². The first-order valence-electron chi connectivity index (χ1n) is 15.0. The quantitative estimate of drug-likeness (QED) is 0.111. The van der Waals surface area contributed by atoms with Gasteiger partial charge in [-0.05, 0) is 43.0 Å². The Morgan fingerprint density at radius 3 is 1.57 bits per heavy atom. The van der Waals surface area contributed by atoms with E-state index in [2.05, 4.69) is 0 Å². The fraction of sp³-hybridized carbons (Fsp3) is 0.613. The number of rotatable bonds is 14. The maximum atomic E-state index is 10.5. The van der Waals surface area contributed by atoms with Crippen LogP contribution >= 0.6 is 0 Å². The van der Waals surface area contributed by atoms with Gasteiger partial charge in [-0.1, -0.05) is 6.07 Å². The Hall–Kier alpha value is -3.16. The van der Waals surface area contributed by atoms with Crippen LogP contribution < -0.4 is 28.4 Å². The third-order valence-electron chi connectivity index (χ3n) is 8.17. The number of aryl methyl sites for hydroxylation is 2. The molecule has 0 unspecified atom stereocenters. The molecule has 0 aromatic heterocycles. The van der Waals surface area contributed by atoms with Gasteiger partial charge in [0.15, 0.2) is 23.0 Å². The molecule has 0 amide bonds. The number of methoxy groups -OCH3 is 4. The zero-order chi connectivity index (χ0) is 34.4. The van der Waals surface area contributed by atoms with Gasteiger partial charge in [-0.2, -0.15) is 0 Å². The molecule has 2 saturated heterocycles. The van der Waals surface area contributed by atoms with E-state index in [0.29, 0.717) is 36.3 Å². The van der Waals surface area contributed by atoms with Crippen LogP contribution in [0.5, 0.6) is 34.5 Å². The molecule has 8 N–H and O–H groups in total. The van der Waals surface area contributed by atoms with E-state index >= 15 is 0 Å². The van der Waals surface area contributed by atoms with E-state index < -0.39 is 74.6 Å². The molecule has 4 rings (SSSR count). The van der Waals surface area contributed by atoms with Crippen molar-refractivity contribution in [2.75, 3.05) is 41.7 Å². The minimum Gasteiger partial charge on any atom is -0.493 e. The molecular weight excluding hydrogens is 628 g/mol. The number of ether oxygens (including phenoxy) is 8. The summed E-state index contributed by atoms with van der Waals surface area (Å²) >= 11 is 0. The largest absolute Gasteiger partial charge is 0.493 e. The van der Waals surface area contributed by atoms with E-state index in [9.17, 15) is 40.9 Å². The van der Waals surface area contributed by atoms with E-state index in [1.807, 2.05) is 0 Å². The van der Waals surface area contributed by atoms with Crippen LogP contribution in [0.25, 0.3) is 0 Å². The molecular formula is C31H44O16. The minimum absolute atomic E-state index is 0.0980. The predicted octanol–water partition coefficient (Wildman–Crippen LogP) is -1.75. The molecule has 2 aromatic rings. The molecule has 2 fully saturated rings. The first-order valence-corrected chi connectivity index (χ1v) is 15.0. The molecule has 0 spiro atoms. The van der Waals surface area contributed by atoms with Gasteiger partial charge < -0.3 is 78.7 Å². The van der Waals surface area contributed by atoms with Gasteiger partial charge in [0.05, 0.1) is 41.7 Å². The van der Waals surface area contributed by atoms with Crippen LogP contribution in [0, 0.1) is 0 Å². The van der Waals surface area contributed by atoms with Gasteiger partial charge in [0, 0.05) is 5.56 Å². The first kappa shape index (κ1) is 36.7. The van der Waals surface area contributed by atoms with Crippen LogP contribution in [-0.4, -0.2) is 144 Å². The molecule has 0 saturated carbocycles. The van der Waals surface area contributed by atoms with E-state index in [1.165, 1.54) is 28.4 Å². The highest BCUT2D eigenvalue weighted by Crippen LogP contribution is 2.48. The van der Waals surface area contributed by atoms with Crippen LogP contribution in [-0.2, 0) is 22.3 Å². The fourth-order valence-corrected chi connectivity index (χ4v) is 5.55. The van der Waals surface area contributed by atoms with Gasteiger partial charge in [-0.25, -0.2) is 0 Å². The lowest BCUT2D eigenvalue weighted by Gasteiger charge is -2.39. The zero-order valence-corrected chi connectivity index (χ0v) is 26.5. The maximum absolute atomic E-state index is 10.5. The van der Waals surface area contributed by atoms with Crippen LogP contribution in [0.3, 0.4) is 0 Å². The van der Waals surface area contributed by atoms with E-state index in [1.54, 1.807) is 24.3 Å². The lowest BCUT2D eigenvalue weighted by Crippen LogP contribution is -2.60. The number of hydrogen-bond donors (Lipinski definition) is 8. The van der Waals surface area contributed by atoms with Gasteiger partial charge in [-0.3, -0.25) is 0 Å². The molecule has 2 aliphatic rings. The molecule has 2 heterocycles. The van der Waals surface area contributed by atoms with Crippen LogP contribution in [0.1, 0.15) is 17.5 Å². The third-order valence-corrected chi connectivity index (χ3v) is 8.17. The highest BCUT2D eigenvalue weighted by Gasteiger charge is 2.46. The lowest BCUT2D eigenvalue weighted by molar-refractivity contribution is -0.277. The molecule has 16 heteroatoms. The highest BCUT2D eigenvalue weighted by atomic mass is 16.7. The minimum atomic E-state index is -1.64. The Labute approximate surface area is 271 Å². The van der Waals surface area contributed by atoms with Gasteiger partial charge in [-0.15, -0.1) is 0 Å². The summed E-state index contributed by atoms with van der Waals surface area (Å²) in [4.78, 5) is 0. The summed E-state index contributed by atoms with van der Waals surface area (Å²) in [6.07, 6.45) is -13.1. The van der Waals surface area contributed by atoms with Crippen molar-refractivity contribution < 1.29 is 78.7 Å². The fourth-order valence-electron chi connectivity index (χ4n) is 5.55. The van der Waals surface area contributed by atoms with Crippen LogP contribution in [0.15, 0.2) is 24.3 Å². The summed E-state index contributed by atoms with van der Waals surface area (Å²) in [7, 11) is 5.71. The summed E-state index contributed by atoms with van der Waals surface area (Å²) in [6.45, 7) is -1.21. The Kier molecular flexibility index (Phi) is 12.7. The second-order valence-electron chi connectivity index (χ2n) is 11.1. The van der Waals surface area contributed by atoms with Crippen molar-refractivity contribution in [2.24, 2.45) is 0 Å². The van der Waals surface area contributed by atoms with E-state index in [4.69, 9.17) is 37.9 Å². The molecule has 10 atom stereocenters. The smallest absolute Gasteiger partial charge is 0.229 e. The summed E-state index contributed by atoms with van der Waals surface area (Å²) in [5, 5.41) is 80.3. The average Bonchev–Trinajstić information content (AvgIpc) is 3.08. The summed E-state index contributed by atoms with van der Waals surface area (Å²) in [5.74, 6) is 1.34. The second kappa shape index (κ2) is 16.3. The third kappa shape index (κ3) is 7.78. The Morgan fingerprint density at radius 2 is 1.09 bits per heavy atom. The Morgan fingerprint density at radius 1 is 0.553 bits per heavy atom. The molecule has 2 aliphatic heterocycles. The molecule has 0 bridgehead atoms. The molecule has 47 heavy (non-hydrogen) atoms. The topological polar surface area (TPSA) is 236 Å². The lowest BCUT2D eigenvalue weighted by atomic mass is 9.99. The summed E-state index contributed by atoms with van der Waals surface area (Å²) < 4.78 is 44.8. The molecule has 2 aromatic carbocycles. The number of aliphatic hydroxyl groups excluding tert-OH is 8.